The van der Waals surface area contributed by atoms with Crippen LogP contribution in [0.3, 0.4) is 0 Å². The zero-order valence-electron chi connectivity index (χ0n) is 19.9. The maximum atomic E-state index is 13.1. The molecule has 1 aromatic carbocycles. The molecule has 9 heteroatoms. The predicted molar refractivity (Wildman–Crippen MR) is 132 cm³/mol. The zero-order valence-corrected chi connectivity index (χ0v) is 20.9. The Balaban J connectivity index is 2.05. The van der Waals surface area contributed by atoms with E-state index in [-0.39, 0.29) is 31.3 Å². The molecule has 178 valence electrons. The van der Waals surface area contributed by atoms with E-state index in [0.29, 0.717) is 13.0 Å². The van der Waals surface area contributed by atoms with Gasteiger partial charge in [0.1, 0.15) is 14.1 Å². The van der Waals surface area contributed by atoms with E-state index in [1.165, 1.54) is 6.21 Å². The Morgan fingerprint density at radius 1 is 1.33 bits per heavy atom. The number of rotatable bonds is 8. The minimum absolute atomic E-state index is 0.0136. The molecule has 1 heterocycles. The number of carbonyl (C=O) groups is 3. The van der Waals surface area contributed by atoms with Gasteiger partial charge in [0.05, 0.1) is 19.2 Å². The van der Waals surface area contributed by atoms with Crippen LogP contribution in [0.4, 0.5) is 5.69 Å². The summed E-state index contributed by atoms with van der Waals surface area (Å²) in [7, 11) is -1.69. The van der Waals surface area contributed by atoms with Crippen molar-refractivity contribution in [2.75, 3.05) is 18.1 Å². The predicted octanol–water partition coefficient (Wildman–Crippen LogP) is 2.43. The maximum absolute atomic E-state index is 13.1. The minimum Gasteiger partial charge on any atom is -0.466 e. The van der Waals surface area contributed by atoms with Crippen molar-refractivity contribution < 1.29 is 19.1 Å². The molecule has 33 heavy (non-hydrogen) atoms. The van der Waals surface area contributed by atoms with E-state index in [2.05, 4.69) is 41.5 Å². The molecule has 2 unspecified atom stereocenters. The van der Waals surface area contributed by atoms with E-state index >= 15 is 0 Å². The van der Waals surface area contributed by atoms with Crippen molar-refractivity contribution in [3.8, 4) is 11.5 Å². The van der Waals surface area contributed by atoms with Gasteiger partial charge in [0, 0.05) is 24.6 Å². The molecular weight excluding hydrogens is 436 g/mol. The number of nitrogens with two attached hydrogens (primary N) is 1. The molecule has 0 spiro atoms. The van der Waals surface area contributed by atoms with Crippen LogP contribution in [0.15, 0.2) is 29.4 Å². The van der Waals surface area contributed by atoms with Crippen LogP contribution < -0.4 is 16.1 Å². The third-order valence-corrected chi connectivity index (χ3v) is 5.94. The molecule has 0 radical (unpaired) electrons. The van der Waals surface area contributed by atoms with Crippen molar-refractivity contribution in [2.45, 2.75) is 58.3 Å². The number of hydrogen-bond acceptors (Lipinski definition) is 6. The first-order valence-electron chi connectivity index (χ1n) is 11.3. The molecule has 2 rings (SSSR count). The lowest BCUT2D eigenvalue weighted by molar-refractivity contribution is -0.143. The Morgan fingerprint density at radius 3 is 2.64 bits per heavy atom. The van der Waals surface area contributed by atoms with Crippen LogP contribution in [0.1, 0.15) is 38.2 Å². The van der Waals surface area contributed by atoms with Crippen LogP contribution in [0.25, 0.3) is 0 Å². The van der Waals surface area contributed by atoms with Crippen LogP contribution in [0.5, 0.6) is 0 Å². The van der Waals surface area contributed by atoms with Crippen molar-refractivity contribution in [3.05, 3.63) is 29.8 Å². The lowest BCUT2D eigenvalue weighted by Gasteiger charge is -2.32. The van der Waals surface area contributed by atoms with E-state index in [4.69, 9.17) is 10.6 Å². The first-order chi connectivity index (χ1) is 15.6. The highest BCUT2D eigenvalue weighted by Gasteiger charge is 2.31. The highest BCUT2D eigenvalue weighted by Crippen LogP contribution is 2.26. The summed E-state index contributed by atoms with van der Waals surface area (Å²) >= 11 is 0. The van der Waals surface area contributed by atoms with Gasteiger partial charge in [0.2, 0.25) is 11.8 Å². The molecule has 1 aliphatic rings. The zero-order chi connectivity index (χ0) is 24.4. The van der Waals surface area contributed by atoms with Crippen LogP contribution in [0, 0.1) is 17.4 Å². The van der Waals surface area contributed by atoms with Crippen molar-refractivity contribution in [1.29, 1.82) is 0 Å². The van der Waals surface area contributed by atoms with Gasteiger partial charge in [-0.15, -0.1) is 5.54 Å². The van der Waals surface area contributed by atoms with Gasteiger partial charge in [-0.2, -0.15) is 5.10 Å². The van der Waals surface area contributed by atoms with Crippen LogP contribution >= 0.6 is 0 Å². The third kappa shape index (κ3) is 8.73. The number of anilines is 1. The number of nitrogens with zero attached hydrogens (tertiary/aromatic N) is 2. The van der Waals surface area contributed by atoms with Crippen LogP contribution in [-0.4, -0.2) is 51.3 Å². The van der Waals surface area contributed by atoms with E-state index in [1.807, 2.05) is 24.3 Å². The lowest BCUT2D eigenvalue weighted by Crippen LogP contribution is -2.44. The van der Waals surface area contributed by atoms with Crippen LogP contribution in [-0.2, 0) is 19.1 Å². The van der Waals surface area contributed by atoms with E-state index in [0.717, 1.165) is 17.7 Å². The Kier molecular flexibility index (Phi) is 9.67. The highest BCUT2D eigenvalue weighted by molar-refractivity contribution is 6.83. The van der Waals surface area contributed by atoms with Gasteiger partial charge in [-0.25, -0.2) is 0 Å². The summed E-state index contributed by atoms with van der Waals surface area (Å²) in [6.45, 7) is 8.89. The standard InChI is InChI=1S/C24H34N4O4Si/c1-5-32-23(30)16-20(12-14-33(2,3)4)27-22(29)15-19-7-6-13-28(24(19)31)21-10-8-18(9-11-21)17-26-25/h8-11,17,19-20H,5-7,13,15-16,25H2,1-4H3,(H,27,29). The molecule has 1 aromatic rings. The second kappa shape index (κ2) is 12.2. The molecular formula is C24H34N4O4Si. The Bertz CT molecular complexity index is 929. The van der Waals surface area contributed by atoms with Gasteiger partial charge in [-0.1, -0.05) is 37.7 Å². The maximum Gasteiger partial charge on any atom is 0.308 e. The Morgan fingerprint density at radius 2 is 2.03 bits per heavy atom. The fraction of sp³-hybridized carbons (Fsp3) is 0.500. The average Bonchev–Trinajstić information content (AvgIpc) is 2.74. The Hall–Kier alpha value is -3.12. The summed E-state index contributed by atoms with van der Waals surface area (Å²) in [5.74, 6) is 7.03. The largest absolute Gasteiger partial charge is 0.466 e. The number of amides is 2. The molecule has 0 bridgehead atoms. The fourth-order valence-electron chi connectivity index (χ4n) is 3.53. The monoisotopic (exact) mass is 470 g/mol. The first-order valence-corrected chi connectivity index (χ1v) is 14.8. The van der Waals surface area contributed by atoms with E-state index < -0.39 is 26.0 Å². The number of benzene rings is 1. The number of hydrogen-bond donors (Lipinski definition) is 2. The molecule has 3 N–H and O–H groups in total. The van der Waals surface area contributed by atoms with Crippen molar-refractivity contribution in [3.63, 3.8) is 0 Å². The van der Waals surface area contributed by atoms with Gasteiger partial charge in [0.15, 0.2) is 0 Å². The molecule has 0 aromatic heterocycles. The first kappa shape index (κ1) is 26.1. The van der Waals surface area contributed by atoms with Gasteiger partial charge in [0.25, 0.3) is 0 Å². The SMILES string of the molecule is CCOC(=O)CC(C#C[Si](C)(C)C)NC(=O)CC1CCCN(c2ccc(C=NN)cc2)C1=O. The molecule has 0 saturated carbocycles. The Labute approximate surface area is 196 Å². The molecule has 1 saturated heterocycles. The molecule has 1 fully saturated rings. The fourth-order valence-corrected chi connectivity index (χ4v) is 4.13. The normalized spacial score (nSPS) is 17.3. The molecule has 0 aliphatic carbocycles. The van der Waals surface area contributed by atoms with E-state index in [1.54, 1.807) is 11.8 Å². The summed E-state index contributed by atoms with van der Waals surface area (Å²) in [6, 6.07) is 6.74. The van der Waals surface area contributed by atoms with Crippen LogP contribution in [0.2, 0.25) is 19.6 Å². The number of ether oxygens (including phenoxy) is 1. The van der Waals surface area contributed by atoms with Gasteiger partial charge in [-0.3, -0.25) is 14.4 Å². The number of carbonyl (C=O) groups excluding carboxylic acids is 3. The van der Waals surface area contributed by atoms with Crippen molar-refractivity contribution in [1.82, 2.24) is 5.32 Å². The van der Waals surface area contributed by atoms with Crippen molar-refractivity contribution in [2.24, 2.45) is 16.9 Å². The number of esters is 1. The summed E-state index contributed by atoms with van der Waals surface area (Å²) in [5, 5.41) is 6.33. The highest BCUT2D eigenvalue weighted by atomic mass is 28.3. The number of hydrazone groups is 1. The van der Waals surface area contributed by atoms with Crippen molar-refractivity contribution >= 4 is 37.8 Å². The molecule has 2 atom stereocenters. The summed E-state index contributed by atoms with van der Waals surface area (Å²) in [6.07, 6.45) is 3.02. The lowest BCUT2D eigenvalue weighted by atomic mass is 9.92. The van der Waals surface area contributed by atoms with Gasteiger partial charge < -0.3 is 20.8 Å². The second-order valence-corrected chi connectivity index (χ2v) is 13.8. The van der Waals surface area contributed by atoms with E-state index in [9.17, 15) is 14.4 Å². The summed E-state index contributed by atoms with van der Waals surface area (Å²) in [4.78, 5) is 39.5. The molecule has 2 amide bonds. The number of nitrogens with one attached hydrogen (secondary N) is 1. The third-order valence-electron chi connectivity index (χ3n) is 5.04. The number of piperidine rings is 1. The summed E-state index contributed by atoms with van der Waals surface area (Å²) in [5.41, 5.74) is 4.82. The smallest absolute Gasteiger partial charge is 0.308 e. The quantitative estimate of drug-likeness (QED) is 0.151. The minimum atomic E-state index is -1.69. The molecule has 8 nitrogen and oxygen atoms in total. The topological polar surface area (TPSA) is 114 Å². The average molecular weight is 471 g/mol. The van der Waals surface area contributed by atoms with Gasteiger partial charge in [-0.05, 0) is 37.5 Å². The van der Waals surface area contributed by atoms with Gasteiger partial charge >= 0.3 is 5.97 Å². The second-order valence-electron chi connectivity index (χ2n) is 9.05. The molecule has 1 aliphatic heterocycles. The summed E-state index contributed by atoms with van der Waals surface area (Å²) < 4.78 is 5.02.